The van der Waals surface area contributed by atoms with Crippen molar-refractivity contribution in [3.8, 4) is 28.6 Å². The number of aromatic nitrogens is 2. The first kappa shape index (κ1) is 41.5. The SMILES string of the molecule is CC(C)(C)c1ccc2c(c1)c1ccccc1n2-c1cccc(C#N)c1-c1c(/C=C/C(=NCC2=CCCC=C2)c2ccccc2)cccc1-n1c2ccccc2c2cc(C(C)(C)C)ccc21. The summed E-state index contributed by atoms with van der Waals surface area (Å²) >= 11 is 0. The predicted octanol–water partition coefficient (Wildman–Crippen LogP) is 15.8. The van der Waals surface area contributed by atoms with Gasteiger partial charge in [0, 0.05) is 32.7 Å². The molecule has 1 aliphatic rings. The van der Waals surface area contributed by atoms with Crippen molar-refractivity contribution in [1.29, 1.82) is 5.26 Å². The molecule has 4 nitrogen and oxygen atoms in total. The van der Waals surface area contributed by atoms with Crippen molar-refractivity contribution in [1.82, 2.24) is 9.13 Å². The first-order chi connectivity index (χ1) is 31.5. The van der Waals surface area contributed by atoms with Crippen molar-refractivity contribution in [3.63, 3.8) is 0 Å². The van der Waals surface area contributed by atoms with E-state index in [9.17, 15) is 5.26 Å². The Morgan fingerprint density at radius 2 is 1.14 bits per heavy atom. The molecule has 2 aromatic heterocycles. The molecule has 9 aromatic rings. The molecule has 2 heterocycles. The average molecular weight is 843 g/mol. The lowest BCUT2D eigenvalue weighted by atomic mass is 9.86. The van der Waals surface area contributed by atoms with E-state index in [1.807, 2.05) is 18.2 Å². The van der Waals surface area contributed by atoms with Crippen LogP contribution >= 0.6 is 0 Å². The van der Waals surface area contributed by atoms with Gasteiger partial charge in [0.2, 0.25) is 0 Å². The van der Waals surface area contributed by atoms with Gasteiger partial charge in [-0.3, -0.25) is 4.99 Å². The van der Waals surface area contributed by atoms with Crippen molar-refractivity contribution in [3.05, 3.63) is 209 Å². The highest BCUT2D eigenvalue weighted by Crippen LogP contribution is 2.45. The zero-order valence-corrected chi connectivity index (χ0v) is 38.2. The quantitative estimate of drug-likeness (QED) is 0.141. The lowest BCUT2D eigenvalue weighted by Gasteiger charge is -2.22. The lowest BCUT2D eigenvalue weighted by molar-refractivity contribution is 0.591. The van der Waals surface area contributed by atoms with Crippen LogP contribution in [0.2, 0.25) is 0 Å². The summed E-state index contributed by atoms with van der Waals surface area (Å²) in [6.45, 7) is 14.2. The third-order valence-corrected chi connectivity index (χ3v) is 13.0. The van der Waals surface area contributed by atoms with E-state index in [2.05, 4.69) is 221 Å². The number of benzene rings is 7. The zero-order valence-electron chi connectivity index (χ0n) is 38.2. The first-order valence-corrected chi connectivity index (χ1v) is 22.9. The lowest BCUT2D eigenvalue weighted by Crippen LogP contribution is -2.10. The van der Waals surface area contributed by atoms with E-state index >= 15 is 0 Å². The van der Waals surface area contributed by atoms with Crippen LogP contribution < -0.4 is 0 Å². The third kappa shape index (κ3) is 7.62. The van der Waals surface area contributed by atoms with Crippen LogP contribution in [0.3, 0.4) is 0 Å². The molecule has 0 saturated heterocycles. The number of rotatable bonds is 8. The highest BCUT2D eigenvalue weighted by Gasteiger charge is 2.26. The number of allylic oxidation sites excluding steroid dienone is 3. The van der Waals surface area contributed by atoms with Gasteiger partial charge in [0.25, 0.3) is 0 Å². The molecule has 0 aliphatic heterocycles. The van der Waals surface area contributed by atoms with Gasteiger partial charge in [-0.1, -0.05) is 163 Å². The van der Waals surface area contributed by atoms with E-state index in [0.29, 0.717) is 12.1 Å². The Kier molecular flexibility index (Phi) is 10.6. The molecule has 10 rings (SSSR count). The molecular weight excluding hydrogens is 789 g/mol. The summed E-state index contributed by atoms with van der Waals surface area (Å²) in [5.74, 6) is 0. The van der Waals surface area contributed by atoms with Gasteiger partial charge < -0.3 is 9.13 Å². The molecule has 0 fully saturated rings. The number of nitrogens with zero attached hydrogens (tertiary/aromatic N) is 4. The van der Waals surface area contributed by atoms with Gasteiger partial charge in [-0.05, 0) is 112 Å². The van der Waals surface area contributed by atoms with Crippen molar-refractivity contribution in [2.75, 3.05) is 6.54 Å². The molecule has 0 atom stereocenters. The van der Waals surface area contributed by atoms with Gasteiger partial charge in [-0.15, -0.1) is 0 Å². The summed E-state index contributed by atoms with van der Waals surface area (Å²) in [6, 6.07) is 57.1. The second kappa shape index (κ2) is 16.6. The fraction of sp³-hybridized carbons (Fsp3) is 0.180. The maximum atomic E-state index is 11.3. The molecule has 0 unspecified atom stereocenters. The molecule has 0 spiro atoms. The molecule has 65 heavy (non-hydrogen) atoms. The highest BCUT2D eigenvalue weighted by molar-refractivity contribution is 6.14. The third-order valence-electron chi connectivity index (χ3n) is 13.0. The number of aliphatic imine (C=N–C) groups is 1. The average Bonchev–Trinajstić information content (AvgIpc) is 3.83. The Balaban J connectivity index is 1.30. The Morgan fingerprint density at radius 1 is 0.585 bits per heavy atom. The standard InChI is InChI=1S/C61H54N4/c1-60(2,3)45-32-35-54-49(37-45)47-25-13-15-27-52(47)64(54)56-29-17-23-43(31-34-51(42-21-11-8-12-22-42)63-40-41-19-9-7-10-20-41)58(56)59-44(39-62)24-18-30-57(59)65-53-28-16-14-26-48(53)50-38-46(61(4,5)6)33-36-55(50)65/h8-9,11-38H,7,10,40H2,1-6H3/b34-31+,63-51?. The largest absolute Gasteiger partial charge is 0.309 e. The normalized spacial score (nSPS) is 13.7. The molecule has 318 valence electrons. The minimum atomic E-state index is -0.0225. The molecule has 7 aromatic carbocycles. The van der Waals surface area contributed by atoms with Crippen LogP contribution in [-0.2, 0) is 10.8 Å². The minimum absolute atomic E-state index is 0.0221. The van der Waals surface area contributed by atoms with Crippen LogP contribution in [0.5, 0.6) is 0 Å². The predicted molar refractivity (Wildman–Crippen MR) is 276 cm³/mol. The molecule has 0 N–H and O–H groups in total. The van der Waals surface area contributed by atoms with E-state index in [4.69, 9.17) is 4.99 Å². The van der Waals surface area contributed by atoms with Gasteiger partial charge in [-0.25, -0.2) is 0 Å². The van der Waals surface area contributed by atoms with Gasteiger partial charge in [0.1, 0.15) is 0 Å². The summed E-state index contributed by atoms with van der Waals surface area (Å²) in [5.41, 5.74) is 15.5. The molecule has 0 amide bonds. The first-order valence-electron chi connectivity index (χ1n) is 22.9. The van der Waals surface area contributed by atoms with Crippen LogP contribution in [-0.4, -0.2) is 21.4 Å². The molecule has 1 aliphatic carbocycles. The van der Waals surface area contributed by atoms with Crippen LogP contribution in [0, 0.1) is 11.3 Å². The number of nitriles is 1. The number of hydrogen-bond donors (Lipinski definition) is 0. The number of hydrogen-bond acceptors (Lipinski definition) is 2. The smallest absolute Gasteiger partial charge is 0.0998 e. The van der Waals surface area contributed by atoms with E-state index in [1.54, 1.807) is 0 Å². The Bertz CT molecular complexity index is 3470. The van der Waals surface area contributed by atoms with Gasteiger partial charge in [0.15, 0.2) is 0 Å². The minimum Gasteiger partial charge on any atom is -0.309 e. The molecular formula is C61H54N4. The van der Waals surface area contributed by atoms with Gasteiger partial charge >= 0.3 is 0 Å². The summed E-state index contributed by atoms with van der Waals surface area (Å²) in [7, 11) is 0. The van der Waals surface area contributed by atoms with E-state index in [-0.39, 0.29) is 10.8 Å². The van der Waals surface area contributed by atoms with E-state index < -0.39 is 0 Å². The van der Waals surface area contributed by atoms with Crippen LogP contribution in [0.25, 0.3) is 72.2 Å². The molecule has 0 radical (unpaired) electrons. The maximum Gasteiger partial charge on any atom is 0.0998 e. The second-order valence-electron chi connectivity index (χ2n) is 19.4. The Morgan fingerprint density at radius 3 is 1.71 bits per heavy atom. The number of fused-ring (bicyclic) bond motifs is 6. The molecule has 0 bridgehead atoms. The van der Waals surface area contributed by atoms with Crippen molar-refractivity contribution >= 4 is 55.4 Å². The fourth-order valence-electron chi connectivity index (χ4n) is 9.61. The molecule has 4 heteroatoms. The summed E-state index contributed by atoms with van der Waals surface area (Å²) in [6.07, 6.45) is 13.2. The van der Waals surface area contributed by atoms with E-state index in [1.165, 1.54) is 38.2 Å². The number of para-hydroxylation sites is 2. The summed E-state index contributed by atoms with van der Waals surface area (Å²) in [4.78, 5) is 5.25. The van der Waals surface area contributed by atoms with E-state index in [0.717, 1.165) is 74.2 Å². The Labute approximate surface area is 382 Å². The van der Waals surface area contributed by atoms with Gasteiger partial charge in [-0.2, -0.15) is 5.26 Å². The van der Waals surface area contributed by atoms with Gasteiger partial charge in [0.05, 0.1) is 57.3 Å². The van der Waals surface area contributed by atoms with Crippen LogP contribution in [0.4, 0.5) is 0 Å². The van der Waals surface area contributed by atoms with Crippen molar-refractivity contribution in [2.45, 2.75) is 65.2 Å². The fourth-order valence-corrected chi connectivity index (χ4v) is 9.61. The maximum absolute atomic E-state index is 11.3. The second-order valence-corrected chi connectivity index (χ2v) is 19.4. The monoisotopic (exact) mass is 842 g/mol. The van der Waals surface area contributed by atoms with Crippen LogP contribution in [0.1, 0.15) is 82.2 Å². The van der Waals surface area contributed by atoms with Crippen molar-refractivity contribution in [2.24, 2.45) is 4.99 Å². The summed E-state index contributed by atoms with van der Waals surface area (Å²) < 4.78 is 4.79. The Hall–Kier alpha value is -7.48. The summed E-state index contributed by atoms with van der Waals surface area (Å²) in [5, 5.41) is 16.0. The topological polar surface area (TPSA) is 46.0 Å². The zero-order chi connectivity index (χ0) is 44.9. The molecule has 0 saturated carbocycles. The highest BCUT2D eigenvalue weighted by atomic mass is 15.0. The van der Waals surface area contributed by atoms with Crippen molar-refractivity contribution < 1.29 is 0 Å². The van der Waals surface area contributed by atoms with Crippen LogP contribution in [0.15, 0.2) is 187 Å².